The van der Waals surface area contributed by atoms with Crippen LogP contribution in [0, 0.1) is 11.7 Å². The zero-order valence-electron chi connectivity index (χ0n) is 22.3. The van der Waals surface area contributed by atoms with Crippen LogP contribution in [0.15, 0.2) is 72.8 Å². The van der Waals surface area contributed by atoms with Crippen LogP contribution in [-0.2, 0) is 17.6 Å². The van der Waals surface area contributed by atoms with Crippen LogP contribution in [0.3, 0.4) is 0 Å². The number of rotatable bonds is 13. The largest absolute Gasteiger partial charge is 0.393 e. The Morgan fingerprint density at radius 2 is 1.49 bits per heavy atom. The molecule has 0 bridgehead atoms. The lowest BCUT2D eigenvalue weighted by atomic mass is 9.78. The van der Waals surface area contributed by atoms with E-state index in [0.29, 0.717) is 24.8 Å². The van der Waals surface area contributed by atoms with Gasteiger partial charge in [-0.3, -0.25) is 4.79 Å². The average Bonchev–Trinajstić information content (AvgIpc) is 2.96. The van der Waals surface area contributed by atoms with Gasteiger partial charge >= 0.3 is 0 Å². The molecule has 6 nitrogen and oxygen atoms in total. The third-order valence-electron chi connectivity index (χ3n) is 7.76. The molecule has 0 radical (unpaired) electrons. The highest BCUT2D eigenvalue weighted by atomic mass is 19.1. The van der Waals surface area contributed by atoms with Crippen molar-refractivity contribution in [2.75, 3.05) is 18.1 Å². The first-order chi connectivity index (χ1) is 18.8. The van der Waals surface area contributed by atoms with E-state index in [2.05, 4.69) is 19.1 Å². The number of hydrogen-bond donors (Lipinski definition) is 4. The van der Waals surface area contributed by atoms with Crippen LogP contribution in [0.4, 0.5) is 10.1 Å². The maximum absolute atomic E-state index is 13.4. The highest BCUT2D eigenvalue weighted by Crippen LogP contribution is 2.46. The van der Waals surface area contributed by atoms with Gasteiger partial charge in [-0.2, -0.15) is 0 Å². The van der Waals surface area contributed by atoms with E-state index in [4.69, 9.17) is 0 Å². The van der Waals surface area contributed by atoms with Crippen molar-refractivity contribution in [3.8, 4) is 0 Å². The zero-order chi connectivity index (χ0) is 28.0. The molecule has 4 rings (SSSR count). The molecule has 7 heteroatoms. The first-order valence-electron chi connectivity index (χ1n) is 13.7. The number of amides is 1. The highest BCUT2D eigenvalue weighted by molar-refractivity contribution is 6.03. The molecule has 1 aliphatic heterocycles. The summed E-state index contributed by atoms with van der Waals surface area (Å²) in [5.74, 6) is -0.661. The lowest BCUT2D eigenvalue weighted by Gasteiger charge is -2.48. The second-order valence-electron chi connectivity index (χ2n) is 10.6. The van der Waals surface area contributed by atoms with E-state index >= 15 is 0 Å². The maximum atomic E-state index is 13.4. The topological polar surface area (TPSA) is 101 Å². The van der Waals surface area contributed by atoms with E-state index in [1.807, 2.05) is 41.3 Å². The van der Waals surface area contributed by atoms with Crippen LogP contribution in [0.2, 0.25) is 0 Å². The van der Waals surface area contributed by atoms with Crippen molar-refractivity contribution in [3.63, 3.8) is 0 Å². The summed E-state index contributed by atoms with van der Waals surface area (Å²) in [7, 11) is 0. The predicted molar refractivity (Wildman–Crippen MR) is 149 cm³/mol. The van der Waals surface area contributed by atoms with Gasteiger partial charge in [-0.15, -0.1) is 0 Å². The number of aliphatic hydroxyl groups is 4. The Balaban J connectivity index is 1.52. The normalized spacial score (nSPS) is 18.2. The Morgan fingerprint density at radius 3 is 2.08 bits per heavy atom. The van der Waals surface area contributed by atoms with Gasteiger partial charge in [0.05, 0.1) is 31.3 Å². The molecule has 4 N–H and O–H groups in total. The number of hydrogen-bond acceptors (Lipinski definition) is 5. The summed E-state index contributed by atoms with van der Waals surface area (Å²) in [6.07, 6.45) is 2.79. The van der Waals surface area contributed by atoms with E-state index in [1.165, 1.54) is 17.7 Å². The maximum Gasteiger partial charge on any atom is 0.233 e. The fourth-order valence-corrected chi connectivity index (χ4v) is 5.27. The minimum Gasteiger partial charge on any atom is -0.393 e. The smallest absolute Gasteiger partial charge is 0.233 e. The lowest BCUT2D eigenvalue weighted by Crippen LogP contribution is -2.55. The summed E-state index contributed by atoms with van der Waals surface area (Å²) >= 11 is 0. The number of nitrogens with zero attached hydrogens (tertiary/aromatic N) is 1. The van der Waals surface area contributed by atoms with Gasteiger partial charge in [0.25, 0.3) is 0 Å². The molecule has 3 atom stereocenters. The van der Waals surface area contributed by atoms with Gasteiger partial charge in [0.1, 0.15) is 11.4 Å². The fraction of sp³-hybridized carbons (Fsp3) is 0.406. The molecule has 208 valence electrons. The van der Waals surface area contributed by atoms with Crippen molar-refractivity contribution < 1.29 is 29.6 Å². The Morgan fingerprint density at radius 1 is 0.897 bits per heavy atom. The zero-order valence-corrected chi connectivity index (χ0v) is 22.3. The highest BCUT2D eigenvalue weighted by Gasteiger charge is 2.48. The Kier molecular flexibility index (Phi) is 9.51. The molecule has 1 fully saturated rings. The minimum absolute atomic E-state index is 0.00887. The summed E-state index contributed by atoms with van der Waals surface area (Å²) in [5.41, 5.74) is 3.08. The second-order valence-corrected chi connectivity index (χ2v) is 10.6. The number of carbonyl (C=O) groups excluding carboxylic acids is 1. The van der Waals surface area contributed by atoms with Crippen LogP contribution < -0.4 is 4.90 Å². The third-order valence-corrected chi connectivity index (χ3v) is 7.76. The number of anilines is 1. The van der Waals surface area contributed by atoms with Crippen LogP contribution >= 0.6 is 0 Å². The molecule has 3 aromatic rings. The van der Waals surface area contributed by atoms with Crippen LogP contribution in [0.5, 0.6) is 0 Å². The molecule has 1 saturated heterocycles. The lowest BCUT2D eigenvalue weighted by molar-refractivity contribution is -0.131. The van der Waals surface area contributed by atoms with Gasteiger partial charge in [-0.05, 0) is 78.6 Å². The van der Waals surface area contributed by atoms with E-state index in [1.54, 1.807) is 12.1 Å². The molecule has 3 aromatic carbocycles. The van der Waals surface area contributed by atoms with Gasteiger partial charge in [-0.1, -0.05) is 61.9 Å². The van der Waals surface area contributed by atoms with Gasteiger partial charge in [-0.25, -0.2) is 4.39 Å². The van der Waals surface area contributed by atoms with Crippen molar-refractivity contribution in [3.05, 3.63) is 101 Å². The standard InChI is InChI=1S/C32H38FNO5/c1-2-3-22-6-14-27(15-7-22)34-30(25-8-4-23(5-9-25)18-19-32(39,20-35)21-36)28(31(34)38)16-17-29(37)24-10-12-26(33)13-11-24/h4-15,28-30,35-37,39H,2-3,16-21H2,1H3/t28-,29+,30-/m1/s1. The molecule has 0 aliphatic carbocycles. The minimum atomic E-state index is -1.52. The molecule has 0 spiro atoms. The van der Waals surface area contributed by atoms with E-state index < -0.39 is 24.9 Å². The quantitative estimate of drug-likeness (QED) is 0.239. The van der Waals surface area contributed by atoms with Crippen molar-refractivity contribution in [1.29, 1.82) is 0 Å². The van der Waals surface area contributed by atoms with Gasteiger partial charge in [0.15, 0.2) is 0 Å². The molecular formula is C32H38FNO5. The average molecular weight is 536 g/mol. The molecule has 1 amide bonds. The molecular weight excluding hydrogens is 497 g/mol. The number of β-lactam (4-membered cyclic amide) rings is 1. The fourth-order valence-electron chi connectivity index (χ4n) is 5.27. The van der Waals surface area contributed by atoms with Crippen molar-refractivity contribution in [2.45, 2.75) is 63.2 Å². The Hall–Kier alpha value is -3.10. The molecule has 0 aromatic heterocycles. The molecule has 1 heterocycles. The summed E-state index contributed by atoms with van der Waals surface area (Å²) in [6.45, 7) is 1.11. The number of aliphatic hydroxyl groups excluding tert-OH is 3. The number of aryl methyl sites for hydroxylation is 2. The number of carbonyl (C=O) groups is 1. The van der Waals surface area contributed by atoms with Crippen molar-refractivity contribution in [1.82, 2.24) is 0 Å². The molecule has 39 heavy (non-hydrogen) atoms. The third kappa shape index (κ3) is 6.73. The Labute approximate surface area is 229 Å². The van der Waals surface area contributed by atoms with E-state index in [-0.39, 0.29) is 30.1 Å². The first kappa shape index (κ1) is 28.9. The van der Waals surface area contributed by atoms with Gasteiger partial charge in [0.2, 0.25) is 5.91 Å². The predicted octanol–water partition coefficient (Wildman–Crippen LogP) is 4.64. The molecule has 0 saturated carbocycles. The SMILES string of the molecule is CCCc1ccc(N2C(=O)[C@H](CC[C@H](O)c3ccc(F)cc3)[C@H]2c2ccc(CCC(O)(CO)CO)cc2)cc1. The first-order valence-corrected chi connectivity index (χ1v) is 13.7. The van der Waals surface area contributed by atoms with E-state index in [0.717, 1.165) is 29.7 Å². The van der Waals surface area contributed by atoms with Gasteiger partial charge < -0.3 is 25.3 Å². The van der Waals surface area contributed by atoms with Crippen molar-refractivity contribution in [2.24, 2.45) is 5.92 Å². The summed E-state index contributed by atoms with van der Waals surface area (Å²) < 4.78 is 13.3. The number of benzene rings is 3. The summed E-state index contributed by atoms with van der Waals surface area (Å²) in [5, 5.41) is 39.6. The Bertz CT molecular complexity index is 1210. The molecule has 1 aliphatic rings. The van der Waals surface area contributed by atoms with Crippen LogP contribution in [0.25, 0.3) is 0 Å². The monoisotopic (exact) mass is 535 g/mol. The van der Waals surface area contributed by atoms with Crippen LogP contribution in [0.1, 0.15) is 67.0 Å². The molecule has 0 unspecified atom stereocenters. The van der Waals surface area contributed by atoms with E-state index in [9.17, 15) is 29.6 Å². The number of halogens is 1. The van der Waals surface area contributed by atoms with Gasteiger partial charge in [0, 0.05) is 5.69 Å². The summed E-state index contributed by atoms with van der Waals surface area (Å²) in [4.78, 5) is 15.2. The summed E-state index contributed by atoms with van der Waals surface area (Å²) in [6, 6.07) is 21.5. The van der Waals surface area contributed by atoms with Crippen LogP contribution in [-0.4, -0.2) is 45.1 Å². The second kappa shape index (κ2) is 12.8. The van der Waals surface area contributed by atoms with Crippen molar-refractivity contribution >= 4 is 11.6 Å².